The van der Waals surface area contributed by atoms with Gasteiger partial charge in [0.15, 0.2) is 10.8 Å². The predicted octanol–water partition coefficient (Wildman–Crippen LogP) is 2.71. The van der Waals surface area contributed by atoms with Crippen molar-refractivity contribution >= 4 is 34.4 Å². The average molecular weight is 426 g/mol. The highest BCUT2D eigenvalue weighted by Crippen LogP contribution is 2.24. The number of hydrogen-bond acceptors (Lipinski definition) is 7. The number of hydrogen-bond donors (Lipinski definition) is 1. The molecular formula is C21H22N4O4S. The van der Waals surface area contributed by atoms with Crippen molar-refractivity contribution in [1.29, 1.82) is 0 Å². The van der Waals surface area contributed by atoms with Crippen LogP contribution in [0.3, 0.4) is 0 Å². The van der Waals surface area contributed by atoms with Crippen LogP contribution in [0.1, 0.15) is 12.8 Å². The predicted molar refractivity (Wildman–Crippen MR) is 115 cm³/mol. The van der Waals surface area contributed by atoms with Crippen molar-refractivity contribution in [1.82, 2.24) is 14.5 Å². The van der Waals surface area contributed by atoms with Gasteiger partial charge in [-0.05, 0) is 37.1 Å². The van der Waals surface area contributed by atoms with E-state index >= 15 is 0 Å². The Balaban J connectivity index is 1.56. The molecule has 3 heterocycles. The van der Waals surface area contributed by atoms with Gasteiger partial charge in [-0.15, -0.1) is 0 Å². The Hall–Kier alpha value is -2.91. The molecule has 1 aliphatic rings. The number of thioether (sulfide) groups is 1. The van der Waals surface area contributed by atoms with Crippen molar-refractivity contribution in [3.05, 3.63) is 52.9 Å². The first-order chi connectivity index (χ1) is 14.7. The minimum Gasteiger partial charge on any atom is -0.495 e. The molecule has 1 atom stereocenters. The summed E-state index contributed by atoms with van der Waals surface area (Å²) in [5, 5.41) is 3.75. The van der Waals surface area contributed by atoms with Crippen LogP contribution in [0, 0.1) is 0 Å². The zero-order valence-electron chi connectivity index (χ0n) is 16.5. The molecule has 1 amide bonds. The SMILES string of the molecule is COc1ccccc1NC(=O)CSc1nc2ncccc2c(=O)n1C[C@H]1CCCO1. The summed E-state index contributed by atoms with van der Waals surface area (Å²) in [6.07, 6.45) is 3.45. The smallest absolute Gasteiger partial charge is 0.263 e. The van der Waals surface area contributed by atoms with Crippen molar-refractivity contribution in [2.45, 2.75) is 30.6 Å². The second kappa shape index (κ2) is 9.27. The molecular weight excluding hydrogens is 404 g/mol. The summed E-state index contributed by atoms with van der Waals surface area (Å²) in [5.41, 5.74) is 0.797. The number of amides is 1. The third-order valence-corrected chi connectivity index (χ3v) is 5.79. The average Bonchev–Trinajstić information content (AvgIpc) is 3.28. The number of nitrogens with zero attached hydrogens (tertiary/aromatic N) is 3. The molecule has 0 saturated carbocycles. The van der Waals surface area contributed by atoms with Crippen molar-refractivity contribution in [3.8, 4) is 5.75 Å². The standard InChI is InChI=1S/C21H22N4O4S/c1-28-17-9-3-2-8-16(17)23-18(26)13-30-21-24-19-15(7-4-10-22-19)20(27)25(21)12-14-6-5-11-29-14/h2-4,7-10,14H,5-6,11-13H2,1H3,(H,23,26)/t14-/m1/s1. The molecule has 8 nitrogen and oxygen atoms in total. The van der Waals surface area contributed by atoms with Gasteiger partial charge in [0, 0.05) is 12.8 Å². The van der Waals surface area contributed by atoms with E-state index < -0.39 is 0 Å². The highest BCUT2D eigenvalue weighted by atomic mass is 32.2. The number of fused-ring (bicyclic) bond motifs is 1. The Bertz CT molecular complexity index is 1110. The number of para-hydroxylation sites is 2. The summed E-state index contributed by atoms with van der Waals surface area (Å²) < 4.78 is 12.6. The molecule has 0 aliphatic carbocycles. The van der Waals surface area contributed by atoms with Crippen LogP contribution < -0.4 is 15.6 Å². The summed E-state index contributed by atoms with van der Waals surface area (Å²) in [6, 6.07) is 10.6. The number of aromatic nitrogens is 3. The van der Waals surface area contributed by atoms with Gasteiger partial charge in [0.25, 0.3) is 5.56 Å². The largest absolute Gasteiger partial charge is 0.495 e. The molecule has 0 radical (unpaired) electrons. The summed E-state index contributed by atoms with van der Waals surface area (Å²) >= 11 is 1.20. The van der Waals surface area contributed by atoms with Crippen LogP contribution in [0.15, 0.2) is 52.5 Å². The molecule has 0 bridgehead atoms. The topological polar surface area (TPSA) is 95.3 Å². The van der Waals surface area contributed by atoms with Crippen LogP contribution in [0.5, 0.6) is 5.75 Å². The lowest BCUT2D eigenvalue weighted by Gasteiger charge is -2.16. The Kier molecular flexibility index (Phi) is 6.29. The molecule has 4 rings (SSSR count). The fourth-order valence-corrected chi connectivity index (χ4v) is 4.16. The van der Waals surface area contributed by atoms with Crippen molar-refractivity contribution in [2.75, 3.05) is 24.8 Å². The molecule has 9 heteroatoms. The van der Waals surface area contributed by atoms with Gasteiger partial charge in [-0.1, -0.05) is 23.9 Å². The minimum absolute atomic E-state index is 0.0274. The van der Waals surface area contributed by atoms with E-state index in [1.165, 1.54) is 11.8 Å². The number of nitrogens with one attached hydrogen (secondary N) is 1. The molecule has 2 aromatic heterocycles. The maximum absolute atomic E-state index is 13.1. The van der Waals surface area contributed by atoms with Crippen molar-refractivity contribution in [3.63, 3.8) is 0 Å². The van der Waals surface area contributed by atoms with Gasteiger partial charge in [0.2, 0.25) is 5.91 Å². The second-order valence-corrected chi connectivity index (χ2v) is 7.80. The van der Waals surface area contributed by atoms with Crippen LogP contribution in [0.4, 0.5) is 5.69 Å². The first kappa shape index (κ1) is 20.4. The van der Waals surface area contributed by atoms with Crippen molar-refractivity contribution in [2.24, 2.45) is 0 Å². The fraction of sp³-hybridized carbons (Fsp3) is 0.333. The number of methoxy groups -OCH3 is 1. The first-order valence-electron chi connectivity index (χ1n) is 9.68. The third-order valence-electron chi connectivity index (χ3n) is 4.82. The van der Waals surface area contributed by atoms with Gasteiger partial charge in [-0.3, -0.25) is 14.2 Å². The lowest BCUT2D eigenvalue weighted by molar-refractivity contribution is -0.113. The van der Waals surface area contributed by atoms with Crippen LogP contribution >= 0.6 is 11.8 Å². The zero-order valence-corrected chi connectivity index (χ0v) is 17.4. The highest BCUT2D eigenvalue weighted by molar-refractivity contribution is 7.99. The second-order valence-electron chi connectivity index (χ2n) is 6.86. The summed E-state index contributed by atoms with van der Waals surface area (Å²) in [6.45, 7) is 1.11. The van der Waals surface area contributed by atoms with E-state index in [4.69, 9.17) is 9.47 Å². The van der Waals surface area contributed by atoms with Gasteiger partial charge in [-0.25, -0.2) is 9.97 Å². The van der Waals surface area contributed by atoms with Crippen LogP contribution in [0.25, 0.3) is 11.0 Å². The Morgan fingerprint density at radius 3 is 3.00 bits per heavy atom. The number of anilines is 1. The molecule has 0 unspecified atom stereocenters. The van der Waals surface area contributed by atoms with E-state index in [1.54, 1.807) is 42.1 Å². The molecule has 1 fully saturated rings. The van der Waals surface area contributed by atoms with Crippen LogP contribution in [0.2, 0.25) is 0 Å². The monoisotopic (exact) mass is 426 g/mol. The van der Waals surface area contributed by atoms with E-state index in [0.29, 0.717) is 40.8 Å². The molecule has 1 saturated heterocycles. The van der Waals surface area contributed by atoms with E-state index in [2.05, 4.69) is 15.3 Å². The van der Waals surface area contributed by atoms with Crippen LogP contribution in [-0.4, -0.2) is 46.0 Å². The molecule has 1 aliphatic heterocycles. The van der Waals surface area contributed by atoms with E-state index in [0.717, 1.165) is 12.8 Å². The Labute approximate surface area is 177 Å². The quantitative estimate of drug-likeness (QED) is 0.458. The fourth-order valence-electron chi connectivity index (χ4n) is 3.36. The maximum Gasteiger partial charge on any atom is 0.263 e. The van der Waals surface area contributed by atoms with Gasteiger partial charge in [0.05, 0.1) is 36.6 Å². The number of ether oxygens (including phenoxy) is 2. The Morgan fingerprint density at radius 2 is 2.20 bits per heavy atom. The Morgan fingerprint density at radius 1 is 1.33 bits per heavy atom. The highest BCUT2D eigenvalue weighted by Gasteiger charge is 2.21. The zero-order chi connectivity index (χ0) is 20.9. The molecule has 3 aromatic rings. The number of benzene rings is 1. The van der Waals surface area contributed by atoms with Gasteiger partial charge < -0.3 is 14.8 Å². The van der Waals surface area contributed by atoms with Gasteiger partial charge in [0.1, 0.15) is 5.75 Å². The maximum atomic E-state index is 13.1. The summed E-state index contributed by atoms with van der Waals surface area (Å²) in [7, 11) is 1.55. The molecule has 30 heavy (non-hydrogen) atoms. The van der Waals surface area contributed by atoms with E-state index in [1.807, 2.05) is 12.1 Å². The minimum atomic E-state index is -0.219. The summed E-state index contributed by atoms with van der Waals surface area (Å²) in [4.78, 5) is 34.3. The molecule has 1 aromatic carbocycles. The van der Waals surface area contributed by atoms with E-state index in [-0.39, 0.29) is 23.3 Å². The van der Waals surface area contributed by atoms with Gasteiger partial charge >= 0.3 is 0 Å². The first-order valence-corrected chi connectivity index (χ1v) is 10.7. The third kappa shape index (κ3) is 4.47. The number of carbonyl (C=O) groups is 1. The number of rotatable bonds is 7. The lowest BCUT2D eigenvalue weighted by Crippen LogP contribution is -2.29. The number of carbonyl (C=O) groups excluding carboxylic acids is 1. The number of pyridine rings is 1. The van der Waals surface area contributed by atoms with Crippen LogP contribution in [-0.2, 0) is 16.1 Å². The van der Waals surface area contributed by atoms with Crippen molar-refractivity contribution < 1.29 is 14.3 Å². The van der Waals surface area contributed by atoms with E-state index in [9.17, 15) is 9.59 Å². The molecule has 0 spiro atoms. The lowest BCUT2D eigenvalue weighted by atomic mass is 10.2. The van der Waals surface area contributed by atoms with Gasteiger partial charge in [-0.2, -0.15) is 0 Å². The normalized spacial score (nSPS) is 16.0. The molecule has 1 N–H and O–H groups in total. The summed E-state index contributed by atoms with van der Waals surface area (Å²) in [5.74, 6) is 0.455. The molecule has 156 valence electrons.